The van der Waals surface area contributed by atoms with Gasteiger partial charge in [0.15, 0.2) is 0 Å². The molecular weight excluding hydrogens is 489 g/mol. The molecular formula is C28H30FN5O4. The van der Waals surface area contributed by atoms with E-state index in [1.165, 1.54) is 42.0 Å². The number of ether oxygens (including phenoxy) is 2. The molecule has 4 rings (SSSR count). The standard InChI is InChI=1S/C28H30FN5O4/c1-28(2,3)30-27(36)26(21-16-20(37-4)13-14-24(21)38-5)34(19-10-8-9-18(29)15-19)25(35)17-33-23-12-7-6-11-22(23)31-32-33/h6-16,26H,17H2,1-5H3,(H,30,36)/t26-/m1/s1. The molecule has 1 N–H and O–H groups in total. The van der Waals surface area contributed by atoms with Gasteiger partial charge < -0.3 is 14.8 Å². The first kappa shape index (κ1) is 26.6. The van der Waals surface area contributed by atoms with Crippen LogP contribution in [0.3, 0.4) is 0 Å². The zero-order chi connectivity index (χ0) is 27.4. The molecule has 4 aromatic rings. The van der Waals surface area contributed by atoms with Gasteiger partial charge in [-0.25, -0.2) is 9.07 Å². The van der Waals surface area contributed by atoms with Crippen molar-refractivity contribution in [2.45, 2.75) is 38.9 Å². The Morgan fingerprint density at radius 2 is 1.79 bits per heavy atom. The van der Waals surface area contributed by atoms with Crippen molar-refractivity contribution in [3.63, 3.8) is 0 Å². The second-order valence-corrected chi connectivity index (χ2v) is 9.73. The summed E-state index contributed by atoms with van der Waals surface area (Å²) in [6.07, 6.45) is 0. The fourth-order valence-electron chi connectivity index (χ4n) is 4.19. The molecule has 0 spiro atoms. The van der Waals surface area contributed by atoms with E-state index in [1.54, 1.807) is 36.4 Å². The second kappa shape index (κ2) is 10.9. The van der Waals surface area contributed by atoms with Gasteiger partial charge in [-0.2, -0.15) is 0 Å². The van der Waals surface area contributed by atoms with Crippen molar-refractivity contribution in [1.29, 1.82) is 0 Å². The van der Waals surface area contributed by atoms with Crippen molar-refractivity contribution in [3.05, 3.63) is 78.1 Å². The average molecular weight is 520 g/mol. The van der Waals surface area contributed by atoms with Gasteiger partial charge in [-0.3, -0.25) is 14.5 Å². The minimum Gasteiger partial charge on any atom is -0.497 e. The Labute approximate surface area is 220 Å². The fraction of sp³-hybridized carbons (Fsp3) is 0.286. The van der Waals surface area contributed by atoms with E-state index in [0.717, 1.165) is 0 Å². The van der Waals surface area contributed by atoms with Crippen molar-refractivity contribution in [2.24, 2.45) is 0 Å². The number of hydrogen-bond acceptors (Lipinski definition) is 6. The van der Waals surface area contributed by atoms with Crippen molar-refractivity contribution in [3.8, 4) is 11.5 Å². The molecule has 0 fully saturated rings. The highest BCUT2D eigenvalue weighted by atomic mass is 19.1. The Kier molecular flexibility index (Phi) is 7.61. The van der Waals surface area contributed by atoms with Gasteiger partial charge in [0.1, 0.15) is 35.4 Å². The molecule has 38 heavy (non-hydrogen) atoms. The van der Waals surface area contributed by atoms with Gasteiger partial charge in [-0.15, -0.1) is 5.10 Å². The number of methoxy groups -OCH3 is 2. The summed E-state index contributed by atoms with van der Waals surface area (Å²) in [6, 6.07) is 16.5. The summed E-state index contributed by atoms with van der Waals surface area (Å²) in [5.74, 6) is -0.724. The molecule has 198 valence electrons. The first-order valence-corrected chi connectivity index (χ1v) is 12.0. The molecule has 1 aromatic heterocycles. The quantitative estimate of drug-likeness (QED) is 0.373. The molecule has 1 atom stereocenters. The molecule has 0 aliphatic carbocycles. The maximum absolute atomic E-state index is 14.5. The number of fused-ring (bicyclic) bond motifs is 1. The zero-order valence-corrected chi connectivity index (χ0v) is 21.9. The topological polar surface area (TPSA) is 98.6 Å². The van der Waals surface area contributed by atoms with Crippen LogP contribution in [0.1, 0.15) is 32.4 Å². The second-order valence-electron chi connectivity index (χ2n) is 9.73. The van der Waals surface area contributed by atoms with Gasteiger partial charge >= 0.3 is 0 Å². The van der Waals surface area contributed by atoms with Crippen LogP contribution in [0.2, 0.25) is 0 Å². The van der Waals surface area contributed by atoms with Crippen LogP contribution in [-0.4, -0.2) is 46.6 Å². The van der Waals surface area contributed by atoms with Crippen LogP contribution in [0.5, 0.6) is 11.5 Å². The predicted molar refractivity (Wildman–Crippen MR) is 142 cm³/mol. The first-order valence-electron chi connectivity index (χ1n) is 12.0. The summed E-state index contributed by atoms with van der Waals surface area (Å²) in [6.45, 7) is 5.25. The Hall–Kier alpha value is -4.47. The molecule has 0 aliphatic heterocycles. The summed E-state index contributed by atoms with van der Waals surface area (Å²) < 4.78 is 26.9. The van der Waals surface area contributed by atoms with Crippen LogP contribution in [0.15, 0.2) is 66.7 Å². The molecule has 0 saturated carbocycles. The van der Waals surface area contributed by atoms with E-state index < -0.39 is 29.2 Å². The number of anilines is 1. The number of amides is 2. The highest BCUT2D eigenvalue weighted by molar-refractivity contribution is 6.02. The number of carbonyl (C=O) groups excluding carboxylic acids is 2. The molecule has 0 unspecified atom stereocenters. The Morgan fingerprint density at radius 1 is 1.03 bits per heavy atom. The normalized spacial score (nSPS) is 12.2. The summed E-state index contributed by atoms with van der Waals surface area (Å²) >= 11 is 0. The van der Waals surface area contributed by atoms with Gasteiger partial charge in [0, 0.05) is 16.8 Å². The van der Waals surface area contributed by atoms with Crippen LogP contribution >= 0.6 is 0 Å². The zero-order valence-electron chi connectivity index (χ0n) is 21.9. The van der Waals surface area contributed by atoms with Crippen LogP contribution in [-0.2, 0) is 16.1 Å². The number of aromatic nitrogens is 3. The highest BCUT2D eigenvalue weighted by Crippen LogP contribution is 2.36. The van der Waals surface area contributed by atoms with E-state index in [4.69, 9.17) is 9.47 Å². The molecule has 0 bridgehead atoms. The number of halogens is 1. The van der Waals surface area contributed by atoms with Gasteiger partial charge in [-0.1, -0.05) is 23.4 Å². The minimum atomic E-state index is -1.23. The lowest BCUT2D eigenvalue weighted by molar-refractivity contribution is -0.128. The van der Waals surface area contributed by atoms with E-state index in [9.17, 15) is 14.0 Å². The van der Waals surface area contributed by atoms with Crippen LogP contribution < -0.4 is 19.7 Å². The number of para-hydroxylation sites is 1. The summed E-state index contributed by atoms with van der Waals surface area (Å²) in [5.41, 5.74) is 1.21. The van der Waals surface area contributed by atoms with Crippen LogP contribution in [0.4, 0.5) is 10.1 Å². The van der Waals surface area contributed by atoms with E-state index in [1.807, 2.05) is 32.9 Å². The number of benzene rings is 3. The molecule has 10 heteroatoms. The Balaban J connectivity index is 1.90. The first-order chi connectivity index (χ1) is 18.1. The lowest BCUT2D eigenvalue weighted by Gasteiger charge is -2.34. The van der Waals surface area contributed by atoms with Crippen molar-refractivity contribution in [2.75, 3.05) is 19.1 Å². The maximum Gasteiger partial charge on any atom is 0.249 e. The highest BCUT2D eigenvalue weighted by Gasteiger charge is 2.37. The van der Waals surface area contributed by atoms with E-state index in [2.05, 4.69) is 15.6 Å². The molecule has 0 saturated heterocycles. The van der Waals surface area contributed by atoms with Gasteiger partial charge in [0.2, 0.25) is 11.8 Å². The van der Waals surface area contributed by atoms with Crippen LogP contribution in [0.25, 0.3) is 11.0 Å². The molecule has 9 nitrogen and oxygen atoms in total. The van der Waals surface area contributed by atoms with E-state index >= 15 is 0 Å². The molecule has 2 amide bonds. The van der Waals surface area contributed by atoms with Gasteiger partial charge in [-0.05, 0) is 69.3 Å². The fourth-order valence-corrected chi connectivity index (χ4v) is 4.19. The van der Waals surface area contributed by atoms with E-state index in [0.29, 0.717) is 28.1 Å². The Bertz CT molecular complexity index is 1460. The molecule has 0 aliphatic rings. The van der Waals surface area contributed by atoms with Gasteiger partial charge in [0.05, 0.1) is 19.7 Å². The lowest BCUT2D eigenvalue weighted by atomic mass is 9.99. The van der Waals surface area contributed by atoms with Crippen molar-refractivity contribution < 1.29 is 23.5 Å². The van der Waals surface area contributed by atoms with Gasteiger partial charge in [0.25, 0.3) is 0 Å². The number of hydrogen-bond donors (Lipinski definition) is 1. The monoisotopic (exact) mass is 519 g/mol. The SMILES string of the molecule is COc1ccc(OC)c([C@H](C(=O)NC(C)(C)C)N(C(=O)Cn2nnc3ccccc32)c2cccc(F)c2)c1. The summed E-state index contributed by atoms with van der Waals surface area (Å²) in [7, 11) is 2.97. The number of nitrogens with one attached hydrogen (secondary N) is 1. The average Bonchev–Trinajstić information content (AvgIpc) is 3.28. The largest absolute Gasteiger partial charge is 0.497 e. The van der Waals surface area contributed by atoms with E-state index in [-0.39, 0.29) is 12.2 Å². The molecule has 3 aromatic carbocycles. The van der Waals surface area contributed by atoms with Crippen molar-refractivity contribution >= 4 is 28.5 Å². The molecule has 0 radical (unpaired) electrons. The smallest absolute Gasteiger partial charge is 0.249 e. The Morgan fingerprint density at radius 3 is 2.47 bits per heavy atom. The number of nitrogens with zero attached hydrogens (tertiary/aromatic N) is 4. The summed E-state index contributed by atoms with van der Waals surface area (Å²) in [5, 5.41) is 11.2. The number of carbonyl (C=O) groups is 2. The third-order valence-corrected chi connectivity index (χ3v) is 5.80. The third-order valence-electron chi connectivity index (χ3n) is 5.80. The lowest BCUT2D eigenvalue weighted by Crippen LogP contribution is -2.50. The predicted octanol–water partition coefficient (Wildman–Crippen LogP) is 4.28. The number of rotatable bonds is 8. The van der Waals surface area contributed by atoms with Crippen LogP contribution in [0, 0.1) is 5.82 Å². The summed E-state index contributed by atoms with van der Waals surface area (Å²) in [4.78, 5) is 29.2. The molecule has 1 heterocycles. The van der Waals surface area contributed by atoms with Crippen molar-refractivity contribution in [1.82, 2.24) is 20.3 Å². The maximum atomic E-state index is 14.5. The minimum absolute atomic E-state index is 0.193. The third kappa shape index (κ3) is 5.74.